The molecule has 2 N–H and O–H groups in total. The summed E-state index contributed by atoms with van der Waals surface area (Å²) in [7, 11) is 0. The van der Waals surface area contributed by atoms with Crippen molar-refractivity contribution in [1.82, 2.24) is 0 Å². The van der Waals surface area contributed by atoms with Crippen molar-refractivity contribution in [2.45, 2.75) is 164 Å². The Morgan fingerprint density at radius 2 is 0.576 bits per heavy atom. The third kappa shape index (κ3) is 23.5. The minimum Gasteiger partial charge on any atom is -0.330 e. The van der Waals surface area contributed by atoms with Crippen LogP contribution in [0.15, 0.2) is 0 Å². The van der Waals surface area contributed by atoms with Gasteiger partial charge in [-0.15, -0.1) is 0 Å². The van der Waals surface area contributed by atoms with E-state index >= 15 is 0 Å². The molecule has 0 aliphatic carbocycles. The molecule has 0 saturated heterocycles. The van der Waals surface area contributed by atoms with Gasteiger partial charge in [0.05, 0.1) is 0 Å². The lowest BCUT2D eigenvalue weighted by molar-refractivity contribution is 0.365. The molecule has 0 saturated carbocycles. The van der Waals surface area contributed by atoms with Crippen molar-refractivity contribution in [3.63, 3.8) is 0 Å². The molecule has 0 aliphatic rings. The predicted molar refractivity (Wildman–Crippen MR) is 153 cm³/mol. The van der Waals surface area contributed by atoms with Gasteiger partial charge in [-0.1, -0.05) is 151 Å². The van der Waals surface area contributed by atoms with Crippen molar-refractivity contribution in [3.8, 4) is 0 Å². The fourth-order valence-electron chi connectivity index (χ4n) is 5.49. The molecule has 0 radical (unpaired) electrons. The molecule has 0 bridgehead atoms. The predicted octanol–water partition coefficient (Wildman–Crippen LogP) is 10.8. The molecule has 0 spiro atoms. The lowest BCUT2D eigenvalue weighted by Crippen LogP contribution is -2.04. The number of hydrogen-bond donors (Lipinski definition) is 1. The molecule has 33 heavy (non-hydrogen) atoms. The molecule has 0 aromatic carbocycles. The summed E-state index contributed by atoms with van der Waals surface area (Å²) in [5.74, 6) is 5.45. The highest BCUT2D eigenvalue weighted by molar-refractivity contribution is 4.63. The van der Waals surface area contributed by atoms with Crippen molar-refractivity contribution in [3.05, 3.63) is 0 Å². The molecule has 0 heterocycles. The lowest BCUT2D eigenvalue weighted by atomic mass is 9.90. The Morgan fingerprint density at radius 3 is 0.848 bits per heavy atom. The maximum atomic E-state index is 5.63. The van der Waals surface area contributed by atoms with Crippen LogP contribution >= 0.6 is 0 Å². The topological polar surface area (TPSA) is 26.0 Å². The first kappa shape index (κ1) is 33.0. The second kappa shape index (κ2) is 22.4. The molecular formula is C32H67N. The van der Waals surface area contributed by atoms with E-state index in [-0.39, 0.29) is 0 Å². The summed E-state index contributed by atoms with van der Waals surface area (Å²) < 4.78 is 0. The van der Waals surface area contributed by atoms with Crippen LogP contribution in [0.5, 0.6) is 0 Å². The van der Waals surface area contributed by atoms with Crippen LogP contribution in [0.1, 0.15) is 164 Å². The lowest BCUT2D eigenvalue weighted by Gasteiger charge is -2.17. The van der Waals surface area contributed by atoms with Crippen molar-refractivity contribution >= 4 is 0 Å². The third-order valence-electron chi connectivity index (χ3n) is 8.20. The van der Waals surface area contributed by atoms with Crippen LogP contribution in [0.3, 0.4) is 0 Å². The summed E-state index contributed by atoms with van der Waals surface area (Å²) >= 11 is 0. The Hall–Kier alpha value is -0.0400. The van der Waals surface area contributed by atoms with E-state index < -0.39 is 0 Å². The van der Waals surface area contributed by atoms with Gasteiger partial charge in [0, 0.05) is 0 Å². The molecule has 0 amide bonds. The largest absolute Gasteiger partial charge is 0.330 e. The van der Waals surface area contributed by atoms with Gasteiger partial charge in [0.1, 0.15) is 0 Å². The highest BCUT2D eigenvalue weighted by Gasteiger charge is 2.09. The van der Waals surface area contributed by atoms with Crippen LogP contribution in [0.25, 0.3) is 0 Å². The zero-order valence-electron chi connectivity index (χ0n) is 24.5. The smallest absolute Gasteiger partial charge is 0.00772 e. The summed E-state index contributed by atoms with van der Waals surface area (Å²) in [4.78, 5) is 0. The quantitative estimate of drug-likeness (QED) is 0.141. The van der Waals surface area contributed by atoms with E-state index in [2.05, 4.69) is 48.5 Å². The molecule has 5 atom stereocenters. The van der Waals surface area contributed by atoms with Gasteiger partial charge in [-0.25, -0.2) is 0 Å². The van der Waals surface area contributed by atoms with E-state index in [9.17, 15) is 0 Å². The molecule has 0 rings (SSSR count). The number of unbranched alkanes of at least 4 members (excludes halogenated alkanes) is 1. The molecule has 0 aromatic rings. The summed E-state index contributed by atoms with van der Waals surface area (Å²) in [6.45, 7) is 17.9. The third-order valence-corrected chi connectivity index (χ3v) is 8.20. The van der Waals surface area contributed by atoms with Gasteiger partial charge in [0.15, 0.2) is 0 Å². The first-order valence-corrected chi connectivity index (χ1v) is 15.4. The van der Waals surface area contributed by atoms with Gasteiger partial charge in [-0.2, -0.15) is 0 Å². The van der Waals surface area contributed by atoms with Crippen LogP contribution in [0.4, 0.5) is 0 Å². The highest BCUT2D eigenvalue weighted by atomic mass is 14.5. The zero-order valence-corrected chi connectivity index (χ0v) is 24.5. The Balaban J connectivity index is 3.57. The van der Waals surface area contributed by atoms with Crippen LogP contribution in [0.2, 0.25) is 0 Å². The fourth-order valence-corrected chi connectivity index (χ4v) is 5.49. The molecule has 1 nitrogen and oxygen atoms in total. The van der Waals surface area contributed by atoms with Crippen LogP contribution in [-0.2, 0) is 0 Å². The Morgan fingerprint density at radius 1 is 0.333 bits per heavy atom. The minimum absolute atomic E-state index is 0.857. The van der Waals surface area contributed by atoms with E-state index in [4.69, 9.17) is 5.73 Å². The second-order valence-electron chi connectivity index (χ2n) is 12.9. The summed E-state index contributed by atoms with van der Waals surface area (Å²) in [5, 5.41) is 0. The van der Waals surface area contributed by atoms with Gasteiger partial charge >= 0.3 is 0 Å². The van der Waals surface area contributed by atoms with Crippen molar-refractivity contribution in [1.29, 1.82) is 0 Å². The molecule has 5 unspecified atom stereocenters. The van der Waals surface area contributed by atoms with Crippen molar-refractivity contribution in [2.75, 3.05) is 6.54 Å². The van der Waals surface area contributed by atoms with Gasteiger partial charge in [-0.3, -0.25) is 0 Å². The Kier molecular flexibility index (Phi) is 22.4. The molecule has 200 valence electrons. The maximum absolute atomic E-state index is 5.63. The van der Waals surface area contributed by atoms with E-state index in [0.717, 1.165) is 42.1 Å². The SMILES string of the molecule is CC(C)CCCC(C)CCCC(C)CCCCC(C)CCCC(C)CCCC(C)CCCN. The molecule has 0 aromatic heterocycles. The monoisotopic (exact) mass is 466 g/mol. The minimum atomic E-state index is 0.857. The number of hydrogen-bond acceptors (Lipinski definition) is 1. The maximum Gasteiger partial charge on any atom is -0.00772 e. The van der Waals surface area contributed by atoms with Crippen LogP contribution < -0.4 is 5.73 Å². The van der Waals surface area contributed by atoms with Crippen LogP contribution in [-0.4, -0.2) is 6.54 Å². The van der Waals surface area contributed by atoms with E-state index in [1.54, 1.807) is 0 Å². The Bertz CT molecular complexity index is 390. The van der Waals surface area contributed by atoms with E-state index in [1.165, 1.54) is 116 Å². The zero-order chi connectivity index (χ0) is 24.9. The molecule has 0 fully saturated rings. The first-order chi connectivity index (χ1) is 15.7. The molecular weight excluding hydrogens is 398 g/mol. The van der Waals surface area contributed by atoms with Gasteiger partial charge in [0.2, 0.25) is 0 Å². The first-order valence-electron chi connectivity index (χ1n) is 15.4. The molecule has 0 aliphatic heterocycles. The number of rotatable bonds is 24. The average Bonchev–Trinajstić information content (AvgIpc) is 2.75. The van der Waals surface area contributed by atoms with E-state index in [1.807, 2.05) is 0 Å². The van der Waals surface area contributed by atoms with Crippen molar-refractivity contribution in [2.24, 2.45) is 41.2 Å². The average molecular weight is 466 g/mol. The second-order valence-corrected chi connectivity index (χ2v) is 12.9. The normalized spacial score (nSPS) is 16.6. The van der Waals surface area contributed by atoms with Crippen molar-refractivity contribution < 1.29 is 0 Å². The molecule has 1 heteroatoms. The van der Waals surface area contributed by atoms with Gasteiger partial charge in [-0.05, 0) is 54.9 Å². The van der Waals surface area contributed by atoms with Crippen LogP contribution in [0, 0.1) is 35.5 Å². The fraction of sp³-hybridized carbons (Fsp3) is 1.00. The standard InChI is InChI=1S/C32H67N/c1-27(2)15-10-18-30(5)21-11-19-28(3)16-8-9-17-29(4)20-12-22-31(6)23-13-24-32(7)25-14-26-33/h27-32H,8-26,33H2,1-7H3. The summed E-state index contributed by atoms with van der Waals surface area (Å²) in [5.41, 5.74) is 5.63. The Labute approximate surface area is 211 Å². The highest BCUT2D eigenvalue weighted by Crippen LogP contribution is 2.24. The van der Waals surface area contributed by atoms with E-state index in [0.29, 0.717) is 0 Å². The van der Waals surface area contributed by atoms with Gasteiger partial charge in [0.25, 0.3) is 0 Å². The van der Waals surface area contributed by atoms with Gasteiger partial charge < -0.3 is 5.73 Å². The summed E-state index contributed by atoms with van der Waals surface area (Å²) in [6.07, 6.45) is 25.5. The summed E-state index contributed by atoms with van der Waals surface area (Å²) in [6, 6.07) is 0. The number of nitrogens with two attached hydrogens (primary N) is 1.